The van der Waals surface area contributed by atoms with Crippen LogP contribution in [0.4, 0.5) is 0 Å². The van der Waals surface area contributed by atoms with Crippen LogP contribution >= 0.6 is 7.82 Å². The van der Waals surface area contributed by atoms with Crippen molar-refractivity contribution in [3.63, 3.8) is 0 Å². The van der Waals surface area contributed by atoms with E-state index in [0.29, 0.717) is 17.4 Å². The summed E-state index contributed by atoms with van der Waals surface area (Å²) in [4.78, 5) is 24.4. The predicted octanol–water partition coefficient (Wildman–Crippen LogP) is 5.49. The maximum atomic E-state index is 12.2. The van der Waals surface area contributed by atoms with Gasteiger partial charge in [-0.05, 0) is 19.3 Å². The number of quaternary nitrogens is 1. The minimum absolute atomic E-state index is 0.000775. The van der Waals surface area contributed by atoms with Crippen LogP contribution in [0.25, 0.3) is 0 Å². The molecule has 0 aliphatic heterocycles. The number of likely N-dealkylation sites (N-methyl/N-ethyl adjacent to an activating group) is 1. The number of phosphoric acid groups is 1. The highest BCUT2D eigenvalue weighted by molar-refractivity contribution is 7.45. The summed E-state index contributed by atoms with van der Waals surface area (Å²) >= 11 is 0. The van der Waals surface area contributed by atoms with Crippen LogP contribution in [0.2, 0.25) is 0 Å². The van der Waals surface area contributed by atoms with Crippen LogP contribution in [-0.4, -0.2) is 68.5 Å². The van der Waals surface area contributed by atoms with Crippen LogP contribution in [0.15, 0.2) is 12.2 Å². The maximum Gasteiger partial charge on any atom is 0.268 e. The second kappa shape index (κ2) is 22.1. The minimum atomic E-state index is -4.54. The summed E-state index contributed by atoms with van der Waals surface area (Å²) < 4.78 is 22.7. The molecule has 0 rings (SSSR count). The third-order valence-corrected chi connectivity index (χ3v) is 7.21. The second-order valence-electron chi connectivity index (χ2n) is 11.1. The molecule has 1 amide bonds. The molecule has 0 spiro atoms. The molecule has 0 heterocycles. The van der Waals surface area contributed by atoms with Crippen molar-refractivity contribution < 1.29 is 32.9 Å². The van der Waals surface area contributed by atoms with Gasteiger partial charge in [-0.25, -0.2) is 0 Å². The van der Waals surface area contributed by atoms with E-state index in [0.717, 1.165) is 32.1 Å². The number of carbonyl (C=O) groups excluding carboxylic acids is 1. The Morgan fingerprint density at radius 1 is 0.919 bits per heavy atom. The van der Waals surface area contributed by atoms with E-state index in [9.17, 15) is 19.4 Å². The molecule has 0 aliphatic carbocycles. The summed E-state index contributed by atoms with van der Waals surface area (Å²) in [5.74, 6) is -0.236. The largest absolute Gasteiger partial charge is 0.756 e. The monoisotopic (exact) mass is 548 g/mol. The van der Waals surface area contributed by atoms with E-state index in [1.165, 1.54) is 57.8 Å². The molecule has 0 aromatic rings. The number of hydrogen-bond donors (Lipinski definition) is 2. The molecule has 0 bridgehead atoms. The second-order valence-corrected chi connectivity index (χ2v) is 12.5. The predicted molar refractivity (Wildman–Crippen MR) is 150 cm³/mol. The fourth-order valence-corrected chi connectivity index (χ4v) is 4.50. The summed E-state index contributed by atoms with van der Waals surface area (Å²) in [7, 11) is 1.25. The maximum absolute atomic E-state index is 12.2. The summed E-state index contributed by atoms with van der Waals surface area (Å²) in [5.41, 5.74) is 0. The van der Waals surface area contributed by atoms with Crippen LogP contribution in [0.1, 0.15) is 110 Å². The van der Waals surface area contributed by atoms with Gasteiger partial charge in [-0.2, -0.15) is 0 Å². The van der Waals surface area contributed by atoms with E-state index in [4.69, 9.17) is 9.05 Å². The van der Waals surface area contributed by atoms with Crippen molar-refractivity contribution in [1.29, 1.82) is 0 Å². The number of allylic oxidation sites excluding steroid dienone is 1. The fraction of sp³-hybridized carbons (Fsp3) is 0.893. The van der Waals surface area contributed by atoms with Crippen molar-refractivity contribution in [1.82, 2.24) is 5.32 Å². The van der Waals surface area contributed by atoms with Gasteiger partial charge in [-0.1, -0.05) is 96.6 Å². The number of phosphoric ester groups is 1. The van der Waals surface area contributed by atoms with Gasteiger partial charge in [0.05, 0.1) is 39.9 Å². The topological polar surface area (TPSA) is 108 Å². The zero-order valence-electron chi connectivity index (χ0n) is 24.4. The van der Waals surface area contributed by atoms with Gasteiger partial charge < -0.3 is 28.8 Å². The summed E-state index contributed by atoms with van der Waals surface area (Å²) in [5, 5.41) is 13.3. The van der Waals surface area contributed by atoms with E-state index in [-0.39, 0.29) is 19.1 Å². The Morgan fingerprint density at radius 3 is 2.00 bits per heavy atom. The van der Waals surface area contributed by atoms with E-state index >= 15 is 0 Å². The first-order valence-corrected chi connectivity index (χ1v) is 16.0. The first kappa shape index (κ1) is 36.2. The quantitative estimate of drug-likeness (QED) is 0.0676. The number of nitrogens with zero attached hydrogens (tertiary/aromatic N) is 1. The lowest BCUT2D eigenvalue weighted by Gasteiger charge is -2.29. The van der Waals surface area contributed by atoms with Gasteiger partial charge in [-0.3, -0.25) is 9.36 Å². The van der Waals surface area contributed by atoms with Crippen molar-refractivity contribution in [2.45, 2.75) is 122 Å². The third-order valence-electron chi connectivity index (χ3n) is 6.25. The Bertz CT molecular complexity index is 639. The Hall–Kier alpha value is -0.760. The van der Waals surface area contributed by atoms with Crippen molar-refractivity contribution in [3.05, 3.63) is 12.2 Å². The number of carbonyl (C=O) groups is 1. The smallest absolute Gasteiger partial charge is 0.268 e. The molecular formula is C28H57N2O6P. The van der Waals surface area contributed by atoms with E-state index in [1.54, 1.807) is 6.08 Å². The molecule has 3 unspecified atom stereocenters. The highest BCUT2D eigenvalue weighted by Crippen LogP contribution is 2.38. The fourth-order valence-electron chi connectivity index (χ4n) is 3.77. The van der Waals surface area contributed by atoms with E-state index in [2.05, 4.69) is 12.2 Å². The Morgan fingerprint density at radius 2 is 1.46 bits per heavy atom. The van der Waals surface area contributed by atoms with Gasteiger partial charge in [0, 0.05) is 6.42 Å². The summed E-state index contributed by atoms with van der Waals surface area (Å²) in [6, 6.07) is -0.873. The molecule has 0 saturated carbocycles. The molecule has 0 aromatic carbocycles. The Balaban J connectivity index is 4.43. The third kappa shape index (κ3) is 24.0. The van der Waals surface area contributed by atoms with Gasteiger partial charge in [-0.15, -0.1) is 0 Å². The highest BCUT2D eigenvalue weighted by atomic mass is 31.2. The zero-order valence-corrected chi connectivity index (χ0v) is 25.3. The number of rotatable bonds is 25. The average molecular weight is 549 g/mol. The van der Waals surface area contributed by atoms with Crippen LogP contribution in [-0.2, 0) is 18.4 Å². The van der Waals surface area contributed by atoms with Gasteiger partial charge in [0.25, 0.3) is 7.82 Å². The lowest BCUT2D eigenvalue weighted by Crippen LogP contribution is -2.45. The lowest BCUT2D eigenvalue weighted by atomic mass is 10.0. The molecule has 0 aliphatic rings. The molecule has 0 saturated heterocycles. The van der Waals surface area contributed by atoms with Crippen LogP contribution in [0.3, 0.4) is 0 Å². The average Bonchev–Trinajstić information content (AvgIpc) is 2.82. The van der Waals surface area contributed by atoms with E-state index < -0.39 is 20.0 Å². The molecule has 0 radical (unpaired) electrons. The lowest BCUT2D eigenvalue weighted by molar-refractivity contribution is -0.870. The molecule has 8 nitrogen and oxygen atoms in total. The molecule has 0 aromatic heterocycles. The van der Waals surface area contributed by atoms with Crippen LogP contribution in [0, 0.1) is 0 Å². The molecule has 37 heavy (non-hydrogen) atoms. The zero-order chi connectivity index (χ0) is 28.0. The first-order chi connectivity index (χ1) is 17.5. The number of nitrogens with one attached hydrogen (secondary N) is 1. The van der Waals surface area contributed by atoms with Gasteiger partial charge in [0.2, 0.25) is 5.91 Å². The first-order valence-electron chi connectivity index (χ1n) is 14.6. The Kier molecular flexibility index (Phi) is 21.6. The van der Waals surface area contributed by atoms with Gasteiger partial charge >= 0.3 is 0 Å². The van der Waals surface area contributed by atoms with Crippen LogP contribution < -0.4 is 10.2 Å². The number of hydrogen-bond acceptors (Lipinski definition) is 6. The van der Waals surface area contributed by atoms with Crippen molar-refractivity contribution >= 4 is 13.7 Å². The molecule has 220 valence electrons. The SMILES string of the molecule is CCCCCCCCCCCCC/C=C/C(O)C(COP(=O)([O-])OCC[N+](C)(C)C)NC(=O)CCCC. The molecule has 9 heteroatoms. The number of unbranched alkanes of at least 4 members (excludes halogenated alkanes) is 12. The Labute approximate surface area is 227 Å². The van der Waals surface area contributed by atoms with Gasteiger partial charge in [0.15, 0.2) is 0 Å². The van der Waals surface area contributed by atoms with E-state index in [1.807, 2.05) is 34.1 Å². The molecular weight excluding hydrogens is 491 g/mol. The number of amides is 1. The highest BCUT2D eigenvalue weighted by Gasteiger charge is 2.23. The van der Waals surface area contributed by atoms with Crippen molar-refractivity contribution in [2.24, 2.45) is 0 Å². The molecule has 0 fully saturated rings. The van der Waals surface area contributed by atoms with Crippen LogP contribution in [0.5, 0.6) is 0 Å². The molecule has 3 atom stereocenters. The standard InChI is InChI=1S/C28H57N2O6P/c1-6-8-10-11-12-13-14-15-16-17-18-19-20-21-27(31)26(29-28(32)22-9-7-2)25-36-37(33,34)35-24-23-30(3,4)5/h20-21,26-27,31H,6-19,22-25H2,1-5H3,(H-,29,32,33,34)/b21-20+. The number of aliphatic hydroxyl groups is 1. The summed E-state index contributed by atoms with van der Waals surface area (Å²) in [6.07, 6.45) is 19.3. The number of aliphatic hydroxyl groups excluding tert-OH is 1. The summed E-state index contributed by atoms with van der Waals surface area (Å²) in [6.45, 7) is 4.35. The normalized spacial score (nSPS) is 15.5. The van der Waals surface area contributed by atoms with Crippen molar-refractivity contribution in [2.75, 3.05) is 40.9 Å². The van der Waals surface area contributed by atoms with Crippen molar-refractivity contribution in [3.8, 4) is 0 Å². The minimum Gasteiger partial charge on any atom is -0.756 e. The molecule has 2 N–H and O–H groups in total. The van der Waals surface area contributed by atoms with Gasteiger partial charge in [0.1, 0.15) is 13.2 Å².